The van der Waals surface area contributed by atoms with Crippen molar-refractivity contribution in [3.8, 4) is 0 Å². The number of nitrogens with two attached hydrogens (primary N) is 1. The van der Waals surface area contributed by atoms with Crippen molar-refractivity contribution < 1.29 is 57.4 Å². The van der Waals surface area contributed by atoms with Gasteiger partial charge in [-0.3, -0.25) is 43.3 Å². The Morgan fingerprint density at radius 2 is 0.952 bits per heavy atom. The van der Waals surface area contributed by atoms with Gasteiger partial charge < -0.3 is 56.1 Å². The Bertz CT molecular complexity index is 3160. The lowest BCUT2D eigenvalue weighted by Crippen LogP contribution is -2.60. The summed E-state index contributed by atoms with van der Waals surface area (Å²) >= 11 is 0. The highest BCUT2D eigenvalue weighted by Gasteiger charge is 2.44. The zero-order valence-electron chi connectivity index (χ0n) is 47.6. The minimum absolute atomic E-state index is 0.167. The molecule has 4 aliphatic rings. The highest BCUT2D eigenvalue weighted by atomic mass is 16.5. The van der Waals surface area contributed by atoms with E-state index < -0.39 is 133 Å². The van der Waals surface area contributed by atoms with E-state index in [2.05, 4.69) is 41.2 Å². The number of hydrogen-bond donors (Lipinski definition) is 5. The van der Waals surface area contributed by atoms with E-state index >= 15 is 9.59 Å². The Hall–Kier alpha value is -8.64. The van der Waals surface area contributed by atoms with Crippen LogP contribution in [0.15, 0.2) is 66.9 Å². The molecule has 83 heavy (non-hydrogen) atoms. The smallest absolute Gasteiger partial charge is 0.329 e. The summed E-state index contributed by atoms with van der Waals surface area (Å²) in [5.41, 5.74) is 7.32. The molecule has 2 bridgehead atoms. The summed E-state index contributed by atoms with van der Waals surface area (Å²) < 4.78 is 11.9. The van der Waals surface area contributed by atoms with Crippen LogP contribution in [0.3, 0.4) is 0 Å². The van der Waals surface area contributed by atoms with Gasteiger partial charge in [0.2, 0.25) is 35.4 Å². The van der Waals surface area contributed by atoms with Crippen LogP contribution < -0.4 is 27.0 Å². The lowest BCUT2D eigenvalue weighted by atomic mass is 9.83. The average Bonchev–Trinajstić information content (AvgIpc) is 3.69. The third-order valence-electron chi connectivity index (χ3n) is 16.3. The topological polar surface area (TPSA) is 328 Å². The lowest BCUT2D eigenvalue weighted by molar-refractivity contribution is -0.161. The number of para-hydroxylation sites is 4. The van der Waals surface area contributed by atoms with E-state index in [1.165, 1.54) is 58.0 Å². The van der Waals surface area contributed by atoms with Crippen LogP contribution in [-0.2, 0) is 47.8 Å². The van der Waals surface area contributed by atoms with Crippen LogP contribution in [0.1, 0.15) is 112 Å². The summed E-state index contributed by atoms with van der Waals surface area (Å²) in [6, 6.07) is 2.07. The third kappa shape index (κ3) is 14.0. The predicted octanol–water partition coefficient (Wildman–Crippen LogP) is 1.98. The van der Waals surface area contributed by atoms with E-state index in [4.69, 9.17) is 15.2 Å². The first kappa shape index (κ1) is 60.5. The van der Waals surface area contributed by atoms with E-state index in [0.717, 1.165) is 48.3 Å². The number of carbonyl (C=O) groups excluding carboxylic acids is 10. The molecule has 2 aliphatic heterocycles. The molecule has 4 heterocycles. The average molecular weight is 1140 g/mol. The summed E-state index contributed by atoms with van der Waals surface area (Å²) in [6.07, 6.45) is 10.7. The number of esters is 2. The lowest BCUT2D eigenvalue weighted by Gasteiger charge is -2.39. The number of rotatable bonds is 6. The van der Waals surface area contributed by atoms with Crippen LogP contribution in [0.25, 0.3) is 22.1 Å². The maximum atomic E-state index is 15.3. The van der Waals surface area contributed by atoms with Gasteiger partial charge >= 0.3 is 11.9 Å². The summed E-state index contributed by atoms with van der Waals surface area (Å²) in [5, 5.41) is 10.4. The number of ether oxygens (including phenoxy) is 2. The molecule has 0 saturated heterocycles. The van der Waals surface area contributed by atoms with E-state index in [-0.39, 0.29) is 30.0 Å². The Balaban J connectivity index is 1.19. The van der Waals surface area contributed by atoms with Gasteiger partial charge in [-0.25, -0.2) is 24.5 Å². The van der Waals surface area contributed by atoms with Crippen molar-refractivity contribution in [1.82, 2.24) is 60.8 Å². The Morgan fingerprint density at radius 1 is 0.542 bits per heavy atom. The molecule has 25 heteroatoms. The SMILES string of the molecule is C[C@@H]1NC(=O)[C@H](NC(=O)c2cnc3ccccc3n2)COC(=O)[C@H](C2CCCCC2)N(C)C(=O)[C@@H]2C/C=C\C[C@@H](C(=O)N(C)[C@@H](C3CCCCC3)C(=O)OC[C@@H](NC(=O)c3nc4ccccc4nc3N)C(=O)N[C@@H](C)C(=O)N2C)N(C)C1=O. The summed E-state index contributed by atoms with van der Waals surface area (Å²) in [4.78, 5) is 168. The van der Waals surface area contributed by atoms with Crippen LogP contribution in [0.4, 0.5) is 5.82 Å². The number of anilines is 1. The number of benzene rings is 2. The normalized spacial score (nSPS) is 26.4. The first-order chi connectivity index (χ1) is 39.7. The molecular formula is C58H73N13O12. The molecule has 8 rings (SSSR count). The van der Waals surface area contributed by atoms with Gasteiger partial charge in [-0.15, -0.1) is 0 Å². The number of nitrogens with one attached hydrogen (secondary N) is 4. The summed E-state index contributed by atoms with van der Waals surface area (Å²) in [7, 11) is 5.53. The Labute approximate surface area is 480 Å². The maximum absolute atomic E-state index is 15.3. The number of likely N-dealkylation sites (N-methyl/N-ethyl adjacent to an activating group) is 4. The third-order valence-corrected chi connectivity index (χ3v) is 16.3. The summed E-state index contributed by atoms with van der Waals surface area (Å²) in [5.74, 6) is -9.68. The van der Waals surface area contributed by atoms with Crippen molar-refractivity contribution in [2.24, 2.45) is 11.8 Å². The van der Waals surface area contributed by atoms with Crippen molar-refractivity contribution in [3.63, 3.8) is 0 Å². The molecule has 25 nitrogen and oxygen atoms in total. The number of hydrogen-bond acceptors (Lipinski definition) is 17. The first-order valence-corrected chi connectivity index (χ1v) is 28.2. The fourth-order valence-corrected chi connectivity index (χ4v) is 11.5. The number of amides is 8. The van der Waals surface area contributed by atoms with Crippen molar-refractivity contribution in [3.05, 3.63) is 78.3 Å². The number of fused-ring (bicyclic) bond motifs is 6. The molecule has 0 radical (unpaired) electrons. The quantitative estimate of drug-likeness (QED) is 0.136. The van der Waals surface area contributed by atoms with Crippen molar-refractivity contribution in [1.29, 1.82) is 0 Å². The first-order valence-electron chi connectivity index (χ1n) is 28.2. The molecule has 8 atom stereocenters. The second kappa shape index (κ2) is 27.0. The van der Waals surface area contributed by atoms with E-state index in [9.17, 15) is 38.4 Å². The van der Waals surface area contributed by atoms with Gasteiger partial charge in [-0.2, -0.15) is 0 Å². The number of nitrogens with zero attached hydrogens (tertiary/aromatic N) is 8. The molecule has 4 aromatic rings. The van der Waals surface area contributed by atoms with Gasteiger partial charge in [0.1, 0.15) is 67.2 Å². The highest BCUT2D eigenvalue weighted by Crippen LogP contribution is 2.32. The van der Waals surface area contributed by atoms with Crippen LogP contribution in [0.2, 0.25) is 0 Å². The zero-order valence-corrected chi connectivity index (χ0v) is 47.6. The van der Waals surface area contributed by atoms with Gasteiger partial charge in [-0.1, -0.05) is 74.9 Å². The summed E-state index contributed by atoms with van der Waals surface area (Å²) in [6.45, 7) is 1.18. The van der Waals surface area contributed by atoms with Crippen LogP contribution in [-0.4, -0.2) is 188 Å². The second-order valence-corrected chi connectivity index (χ2v) is 21.9. The van der Waals surface area contributed by atoms with Crippen LogP contribution in [0, 0.1) is 11.8 Å². The minimum atomic E-state index is -1.70. The monoisotopic (exact) mass is 1140 g/mol. The van der Waals surface area contributed by atoms with Gasteiger partial charge in [0, 0.05) is 28.2 Å². The largest absolute Gasteiger partial charge is 0.461 e. The van der Waals surface area contributed by atoms with Gasteiger partial charge in [0.15, 0.2) is 11.5 Å². The fourth-order valence-electron chi connectivity index (χ4n) is 11.5. The molecular weight excluding hydrogens is 1070 g/mol. The molecule has 0 unspecified atom stereocenters. The molecule has 2 aromatic heterocycles. The number of cyclic esters (lactones) is 2. The minimum Gasteiger partial charge on any atom is -0.461 e. The molecule has 2 aliphatic carbocycles. The molecule has 6 N–H and O–H groups in total. The molecule has 2 aromatic carbocycles. The maximum Gasteiger partial charge on any atom is 0.329 e. The van der Waals surface area contributed by atoms with Gasteiger partial charge in [0.25, 0.3) is 11.8 Å². The van der Waals surface area contributed by atoms with E-state index in [1.807, 2.05) is 0 Å². The van der Waals surface area contributed by atoms with Gasteiger partial charge in [-0.05, 0) is 88.5 Å². The molecule has 8 amide bonds. The number of nitrogen functional groups attached to an aromatic ring is 1. The Morgan fingerprint density at radius 3 is 1.41 bits per heavy atom. The standard InChI is InChI=1S/C58H73N13O12/c1-32-53(76)68(3)43-27-17-18-28-44(55(78)70(5)46(34-19-9-7-10-20-34)57(80)82-30-41(50(73)61-32)66-49(72)40-29-60-36-23-13-14-24-37(36)63-40)69(4)54(77)33(2)62-51(74)42(67-52(75)45-48(59)65-39-26-16-15-25-38(39)64-45)31-83-58(81)47(71(6)56(43)79)35-21-11-8-12-22-35/h13-18,23-26,29,32-35,41-44,46-47H,7-12,19-22,27-28,30-31H2,1-6H3,(H2,59,65)(H,61,73)(H,62,74)(H,66,72)(H,67,75)/b18-17-/t32-,33-,41+,42+,43-,44-,46-,47-/m0/s1. The van der Waals surface area contributed by atoms with Crippen molar-refractivity contribution in [2.75, 3.05) is 47.1 Å². The van der Waals surface area contributed by atoms with E-state index in [0.29, 0.717) is 47.8 Å². The molecule has 2 fully saturated rings. The molecule has 2 saturated carbocycles. The second-order valence-electron chi connectivity index (χ2n) is 21.9. The molecule has 0 spiro atoms. The van der Waals surface area contributed by atoms with E-state index in [1.54, 1.807) is 60.7 Å². The van der Waals surface area contributed by atoms with Crippen LogP contribution in [0.5, 0.6) is 0 Å². The number of aromatic nitrogens is 4. The van der Waals surface area contributed by atoms with Crippen molar-refractivity contribution in [2.45, 2.75) is 139 Å². The molecule has 442 valence electrons. The number of carbonyl (C=O) groups is 10. The predicted molar refractivity (Wildman–Crippen MR) is 301 cm³/mol. The van der Waals surface area contributed by atoms with Gasteiger partial charge in [0.05, 0.1) is 28.3 Å². The van der Waals surface area contributed by atoms with Crippen molar-refractivity contribution >= 4 is 87.1 Å². The fraction of sp³-hybridized carbons (Fsp3) is 0.517. The van der Waals surface area contributed by atoms with Crippen LogP contribution >= 0.6 is 0 Å². The Kier molecular flexibility index (Phi) is 19.6. The zero-order chi connectivity index (χ0) is 59.6. The highest BCUT2D eigenvalue weighted by molar-refractivity contribution is 6.02.